The Bertz CT molecular complexity index is 216. The fourth-order valence-electron chi connectivity index (χ4n) is 1.93. The Morgan fingerprint density at radius 2 is 1.53 bits per heavy atom. The number of aliphatic hydroxyl groups excluding tert-OH is 3. The van der Waals surface area contributed by atoms with Crippen molar-refractivity contribution in [2.24, 2.45) is 0 Å². The van der Waals surface area contributed by atoms with E-state index in [0.717, 1.165) is 12.5 Å². The first-order valence-electron chi connectivity index (χ1n) is 6.24. The molecule has 0 spiro atoms. The molecule has 104 valence electrons. The van der Waals surface area contributed by atoms with Gasteiger partial charge in [0.05, 0.1) is 12.7 Å². The third-order valence-electron chi connectivity index (χ3n) is 2.49. The van der Waals surface area contributed by atoms with Crippen molar-refractivity contribution >= 4 is 16.6 Å². The molecule has 0 aromatic heterocycles. The summed E-state index contributed by atoms with van der Waals surface area (Å²) >= 11 is 0. The molecule has 4 nitrogen and oxygen atoms in total. The van der Waals surface area contributed by atoms with Crippen LogP contribution in [0, 0.1) is 0 Å². The molecule has 0 fully saturated rings. The van der Waals surface area contributed by atoms with Crippen LogP contribution in [0.25, 0.3) is 0 Å². The molecule has 0 aliphatic heterocycles. The van der Waals surface area contributed by atoms with Gasteiger partial charge in [-0.25, -0.2) is 0 Å². The van der Waals surface area contributed by atoms with Crippen LogP contribution in [0.1, 0.15) is 12.8 Å². The number of hydrogen-bond donors (Lipinski definition) is 3. The summed E-state index contributed by atoms with van der Waals surface area (Å²) < 4.78 is 6.18. The lowest BCUT2D eigenvalue weighted by molar-refractivity contribution is -0.0178. The van der Waals surface area contributed by atoms with Gasteiger partial charge in [-0.15, -0.1) is 0 Å². The normalized spacial score (nSPS) is 16.9. The van der Waals surface area contributed by atoms with Crippen molar-refractivity contribution in [2.75, 3.05) is 6.61 Å². The van der Waals surface area contributed by atoms with Gasteiger partial charge in [0, 0.05) is 0 Å². The summed E-state index contributed by atoms with van der Waals surface area (Å²) in [5.41, 5.74) is 0. The van der Waals surface area contributed by atoms with E-state index in [1.807, 2.05) is 0 Å². The van der Waals surface area contributed by atoms with E-state index in [1.54, 1.807) is 0 Å². The van der Waals surface area contributed by atoms with Gasteiger partial charge in [-0.3, -0.25) is 0 Å². The van der Waals surface area contributed by atoms with Crippen LogP contribution in [0.15, 0.2) is 0 Å². The molecule has 0 aliphatic carbocycles. The van der Waals surface area contributed by atoms with E-state index < -0.39 is 28.8 Å². The number of hydrogen-bond acceptors (Lipinski definition) is 4. The second-order valence-electron chi connectivity index (χ2n) is 6.18. The van der Waals surface area contributed by atoms with Crippen LogP contribution in [-0.2, 0) is 4.12 Å². The van der Waals surface area contributed by atoms with Crippen LogP contribution in [0.3, 0.4) is 0 Å². The molecule has 3 N–H and O–H groups in total. The predicted octanol–water partition coefficient (Wildman–Crippen LogP) is 1.54. The second-order valence-corrected chi connectivity index (χ2v) is 15.2. The summed E-state index contributed by atoms with van der Waals surface area (Å²) in [5.74, 6) is 0. The minimum absolute atomic E-state index is 0.382. The van der Waals surface area contributed by atoms with Gasteiger partial charge in [-0.2, -0.15) is 0 Å². The van der Waals surface area contributed by atoms with Crippen molar-refractivity contribution in [1.29, 1.82) is 0 Å². The van der Waals surface area contributed by atoms with E-state index in [2.05, 4.69) is 32.7 Å². The van der Waals surface area contributed by atoms with E-state index in [1.165, 1.54) is 0 Å². The quantitative estimate of drug-likeness (QED) is 0.590. The molecule has 0 radical (unpaired) electrons. The van der Waals surface area contributed by atoms with Crippen LogP contribution < -0.4 is 0 Å². The second kappa shape index (κ2) is 7.01. The molecular formula is C11H28O4Si2. The molecule has 0 saturated heterocycles. The summed E-state index contributed by atoms with van der Waals surface area (Å²) in [6.07, 6.45) is -0.482. The third-order valence-corrected chi connectivity index (χ3v) is 8.71. The van der Waals surface area contributed by atoms with Crippen molar-refractivity contribution in [2.45, 2.75) is 63.8 Å². The number of aliphatic hydroxyl groups is 3. The highest BCUT2D eigenvalue weighted by Gasteiger charge is 2.29. The highest BCUT2D eigenvalue weighted by molar-refractivity contribution is 6.84. The van der Waals surface area contributed by atoms with Crippen molar-refractivity contribution in [3.8, 4) is 0 Å². The molecule has 0 heterocycles. The van der Waals surface area contributed by atoms with Gasteiger partial charge < -0.3 is 19.4 Å². The van der Waals surface area contributed by atoms with Crippen LogP contribution in [0.2, 0.25) is 38.8 Å². The van der Waals surface area contributed by atoms with Gasteiger partial charge in [-0.05, 0) is 45.2 Å². The van der Waals surface area contributed by atoms with Gasteiger partial charge in [0.1, 0.15) is 6.10 Å². The minimum atomic E-state index is -1.64. The average Bonchev–Trinajstić information content (AvgIpc) is 2.12. The van der Waals surface area contributed by atoms with Gasteiger partial charge in [0.15, 0.2) is 16.6 Å². The maximum absolute atomic E-state index is 9.52. The van der Waals surface area contributed by atoms with Gasteiger partial charge in [0.25, 0.3) is 0 Å². The SMILES string of the molecule is C[Si](C)(C)O[Si](C)(C)CCCC(O)C(O)CO. The largest absolute Gasteiger partial charge is 0.456 e. The zero-order valence-electron chi connectivity index (χ0n) is 11.7. The van der Waals surface area contributed by atoms with Gasteiger partial charge in [0.2, 0.25) is 0 Å². The first-order valence-corrected chi connectivity index (χ1v) is 12.8. The summed E-state index contributed by atoms with van der Waals surface area (Å²) in [7, 11) is -3.13. The Labute approximate surface area is 107 Å². The van der Waals surface area contributed by atoms with E-state index in [0.29, 0.717) is 6.42 Å². The minimum Gasteiger partial charge on any atom is -0.456 e. The molecule has 0 rings (SSSR count). The number of rotatable bonds is 8. The lowest BCUT2D eigenvalue weighted by Crippen LogP contribution is -2.42. The van der Waals surface area contributed by atoms with Crippen molar-refractivity contribution < 1.29 is 19.4 Å². The summed E-state index contributed by atoms with van der Waals surface area (Å²) in [6, 6.07) is 0.979. The van der Waals surface area contributed by atoms with Crippen LogP contribution in [-0.4, -0.2) is 50.8 Å². The molecule has 0 bridgehead atoms. The maximum atomic E-state index is 9.52. The zero-order valence-corrected chi connectivity index (χ0v) is 13.7. The molecule has 6 heteroatoms. The lowest BCUT2D eigenvalue weighted by Gasteiger charge is -2.31. The molecule has 0 aromatic rings. The molecule has 0 aromatic carbocycles. The first-order chi connectivity index (χ1) is 7.57. The van der Waals surface area contributed by atoms with Crippen molar-refractivity contribution in [3.63, 3.8) is 0 Å². The molecule has 2 atom stereocenters. The molecule has 0 amide bonds. The van der Waals surface area contributed by atoms with E-state index in [-0.39, 0.29) is 6.61 Å². The Morgan fingerprint density at radius 1 is 1.00 bits per heavy atom. The molecule has 0 aliphatic rings. The Kier molecular flexibility index (Phi) is 7.12. The van der Waals surface area contributed by atoms with Gasteiger partial charge >= 0.3 is 0 Å². The highest BCUT2D eigenvalue weighted by atomic mass is 28.4. The van der Waals surface area contributed by atoms with E-state index in [4.69, 9.17) is 9.22 Å². The Hall–Kier alpha value is 0.274. The smallest absolute Gasteiger partial charge is 0.173 e. The van der Waals surface area contributed by atoms with Crippen LogP contribution >= 0.6 is 0 Å². The Morgan fingerprint density at radius 3 is 1.94 bits per heavy atom. The van der Waals surface area contributed by atoms with Crippen molar-refractivity contribution in [3.05, 3.63) is 0 Å². The summed E-state index contributed by atoms with van der Waals surface area (Å²) in [4.78, 5) is 0. The lowest BCUT2D eigenvalue weighted by atomic mass is 10.1. The standard InChI is InChI=1S/C11H28O4Si2/c1-16(2,3)15-17(4,5)8-6-7-10(13)11(14)9-12/h10-14H,6-9H2,1-5H3. The molecule has 2 unspecified atom stereocenters. The monoisotopic (exact) mass is 280 g/mol. The molecule has 0 saturated carbocycles. The topological polar surface area (TPSA) is 69.9 Å². The van der Waals surface area contributed by atoms with Gasteiger partial charge in [-0.1, -0.05) is 6.42 Å². The summed E-state index contributed by atoms with van der Waals surface area (Å²) in [6.45, 7) is 10.6. The first kappa shape index (κ1) is 17.3. The van der Waals surface area contributed by atoms with E-state index in [9.17, 15) is 10.2 Å². The highest BCUT2D eigenvalue weighted by Crippen LogP contribution is 2.21. The maximum Gasteiger partial charge on any atom is 0.173 e. The summed E-state index contributed by atoms with van der Waals surface area (Å²) in [5, 5.41) is 27.4. The predicted molar refractivity (Wildman–Crippen MR) is 75.1 cm³/mol. The van der Waals surface area contributed by atoms with Crippen molar-refractivity contribution in [1.82, 2.24) is 0 Å². The fraction of sp³-hybridized carbons (Fsp3) is 1.00. The zero-order chi connectivity index (χ0) is 13.7. The Balaban J connectivity index is 3.95. The van der Waals surface area contributed by atoms with E-state index >= 15 is 0 Å². The fourth-order valence-corrected chi connectivity index (χ4v) is 10.0. The van der Waals surface area contributed by atoms with Crippen LogP contribution in [0.5, 0.6) is 0 Å². The van der Waals surface area contributed by atoms with Crippen LogP contribution in [0.4, 0.5) is 0 Å². The average molecular weight is 281 g/mol. The third kappa shape index (κ3) is 8.93. The molecular weight excluding hydrogens is 252 g/mol. The molecule has 17 heavy (non-hydrogen) atoms.